The Bertz CT molecular complexity index is 1040. The highest BCUT2D eigenvalue weighted by molar-refractivity contribution is 6.20. The second-order valence-corrected chi connectivity index (χ2v) is 7.90. The van der Waals surface area contributed by atoms with Crippen LogP contribution < -0.4 is 10.2 Å². The number of nitrogens with one attached hydrogen (secondary N) is 1. The molecule has 2 aromatic rings. The molecule has 0 unspecified atom stereocenters. The molecule has 0 aromatic heterocycles. The number of imide groups is 1. The van der Waals surface area contributed by atoms with Crippen molar-refractivity contribution in [3.8, 4) is 0 Å². The van der Waals surface area contributed by atoms with Gasteiger partial charge in [0.05, 0.1) is 11.3 Å². The molecule has 1 N–H and O–H groups in total. The fourth-order valence-electron chi connectivity index (χ4n) is 3.26. The second kappa shape index (κ2) is 10.00. The topological polar surface area (TPSA) is 110 Å². The van der Waals surface area contributed by atoms with E-state index in [0.717, 1.165) is 4.90 Å². The summed E-state index contributed by atoms with van der Waals surface area (Å²) in [4.78, 5) is 61.4. The molecule has 0 bridgehead atoms. The van der Waals surface area contributed by atoms with E-state index in [-0.39, 0.29) is 42.0 Å². The SMILES string of the molecule is CC(C)CC(=O)Nc1ccc(C(=O)COC(=O)c2cccc(N3C(=O)CCC3=O)c2)cc1. The van der Waals surface area contributed by atoms with Crippen molar-refractivity contribution in [3.63, 3.8) is 0 Å². The molecule has 0 atom stereocenters. The lowest BCUT2D eigenvalue weighted by Crippen LogP contribution is -2.28. The van der Waals surface area contributed by atoms with Crippen molar-refractivity contribution in [2.75, 3.05) is 16.8 Å². The van der Waals surface area contributed by atoms with Crippen LogP contribution >= 0.6 is 0 Å². The monoisotopic (exact) mass is 436 g/mol. The van der Waals surface area contributed by atoms with E-state index in [1.807, 2.05) is 13.8 Å². The molecule has 1 aliphatic heterocycles. The lowest BCUT2D eigenvalue weighted by atomic mass is 10.1. The van der Waals surface area contributed by atoms with E-state index in [9.17, 15) is 24.0 Å². The Morgan fingerprint density at radius 1 is 0.969 bits per heavy atom. The summed E-state index contributed by atoms with van der Waals surface area (Å²) in [7, 11) is 0. The van der Waals surface area contributed by atoms with Gasteiger partial charge in [0.25, 0.3) is 0 Å². The van der Waals surface area contributed by atoms with Gasteiger partial charge in [-0.15, -0.1) is 0 Å². The quantitative estimate of drug-likeness (QED) is 0.386. The Kier molecular flexibility index (Phi) is 7.14. The van der Waals surface area contributed by atoms with Gasteiger partial charge in [0, 0.05) is 30.5 Å². The van der Waals surface area contributed by atoms with Gasteiger partial charge in [0.1, 0.15) is 0 Å². The normalized spacial score (nSPS) is 13.4. The van der Waals surface area contributed by atoms with Crippen LogP contribution in [0.25, 0.3) is 0 Å². The maximum Gasteiger partial charge on any atom is 0.338 e. The van der Waals surface area contributed by atoms with Gasteiger partial charge in [-0.2, -0.15) is 0 Å². The van der Waals surface area contributed by atoms with E-state index in [1.165, 1.54) is 12.1 Å². The zero-order valence-electron chi connectivity index (χ0n) is 17.9. The van der Waals surface area contributed by atoms with Crippen LogP contribution in [-0.2, 0) is 19.1 Å². The van der Waals surface area contributed by atoms with Crippen molar-refractivity contribution in [3.05, 3.63) is 59.7 Å². The zero-order chi connectivity index (χ0) is 23.3. The summed E-state index contributed by atoms with van der Waals surface area (Å²) < 4.78 is 5.11. The number of hydrogen-bond acceptors (Lipinski definition) is 6. The predicted molar refractivity (Wildman–Crippen MR) is 117 cm³/mol. The van der Waals surface area contributed by atoms with Crippen molar-refractivity contribution in [1.82, 2.24) is 0 Å². The fourth-order valence-corrected chi connectivity index (χ4v) is 3.26. The Morgan fingerprint density at radius 3 is 2.25 bits per heavy atom. The van der Waals surface area contributed by atoms with Crippen LogP contribution in [0.2, 0.25) is 0 Å². The van der Waals surface area contributed by atoms with Gasteiger partial charge in [-0.25, -0.2) is 4.79 Å². The first-order valence-corrected chi connectivity index (χ1v) is 10.3. The van der Waals surface area contributed by atoms with Crippen molar-refractivity contribution >= 4 is 40.8 Å². The van der Waals surface area contributed by atoms with Crippen molar-refractivity contribution in [2.45, 2.75) is 33.1 Å². The number of nitrogens with zero attached hydrogens (tertiary/aromatic N) is 1. The van der Waals surface area contributed by atoms with Crippen LogP contribution in [0.5, 0.6) is 0 Å². The molecule has 166 valence electrons. The van der Waals surface area contributed by atoms with Crippen LogP contribution in [0.3, 0.4) is 0 Å². The summed E-state index contributed by atoms with van der Waals surface area (Å²) in [6.45, 7) is 3.43. The Balaban J connectivity index is 1.57. The maximum absolute atomic E-state index is 12.4. The van der Waals surface area contributed by atoms with Crippen molar-refractivity contribution < 1.29 is 28.7 Å². The van der Waals surface area contributed by atoms with Crippen LogP contribution in [0.4, 0.5) is 11.4 Å². The van der Waals surface area contributed by atoms with Gasteiger partial charge in [-0.1, -0.05) is 19.9 Å². The lowest BCUT2D eigenvalue weighted by Gasteiger charge is -2.14. The molecule has 8 nitrogen and oxygen atoms in total. The summed E-state index contributed by atoms with van der Waals surface area (Å²) in [6.07, 6.45) is 0.683. The summed E-state index contributed by atoms with van der Waals surface area (Å²) in [6, 6.07) is 12.3. The summed E-state index contributed by atoms with van der Waals surface area (Å²) in [5.74, 6) is -1.65. The number of amides is 3. The molecule has 3 rings (SSSR count). The summed E-state index contributed by atoms with van der Waals surface area (Å²) >= 11 is 0. The first-order valence-electron chi connectivity index (χ1n) is 10.3. The molecule has 1 fully saturated rings. The lowest BCUT2D eigenvalue weighted by molar-refractivity contribution is -0.121. The number of Topliss-reactive ketones (excluding diaryl/α,β-unsaturated/α-hetero) is 1. The number of ether oxygens (including phenoxy) is 1. The average molecular weight is 436 g/mol. The largest absolute Gasteiger partial charge is 0.454 e. The van der Waals surface area contributed by atoms with Gasteiger partial charge in [-0.3, -0.25) is 24.1 Å². The molecular formula is C24H24N2O6. The Morgan fingerprint density at radius 2 is 1.62 bits per heavy atom. The number of ketones is 1. The van der Waals surface area contributed by atoms with Gasteiger partial charge >= 0.3 is 5.97 Å². The van der Waals surface area contributed by atoms with Gasteiger partial charge in [0.15, 0.2) is 12.4 Å². The highest BCUT2D eigenvalue weighted by atomic mass is 16.5. The summed E-state index contributed by atoms with van der Waals surface area (Å²) in [5, 5.41) is 2.76. The van der Waals surface area contributed by atoms with E-state index in [0.29, 0.717) is 23.4 Å². The van der Waals surface area contributed by atoms with Gasteiger partial charge < -0.3 is 10.1 Å². The van der Waals surface area contributed by atoms with E-state index < -0.39 is 18.4 Å². The molecule has 3 amide bonds. The first-order chi connectivity index (χ1) is 15.2. The highest BCUT2D eigenvalue weighted by Gasteiger charge is 2.30. The number of carbonyl (C=O) groups excluding carboxylic acids is 5. The minimum absolute atomic E-state index is 0.104. The van der Waals surface area contributed by atoms with E-state index in [4.69, 9.17) is 4.74 Å². The third kappa shape index (κ3) is 5.66. The standard InChI is InChI=1S/C24H24N2O6/c1-15(2)12-21(28)25-18-8-6-16(7-9-18)20(27)14-32-24(31)17-4-3-5-19(13-17)26-22(29)10-11-23(26)30/h3-9,13,15H,10-12,14H2,1-2H3,(H,25,28). The number of benzene rings is 2. The van der Waals surface area contributed by atoms with E-state index in [2.05, 4.69) is 5.32 Å². The van der Waals surface area contributed by atoms with Gasteiger partial charge in [0.2, 0.25) is 17.7 Å². The molecule has 1 aliphatic rings. The first kappa shape index (κ1) is 22.9. The predicted octanol–water partition coefficient (Wildman–Crippen LogP) is 3.36. The van der Waals surface area contributed by atoms with Crippen LogP contribution in [0.15, 0.2) is 48.5 Å². The smallest absolute Gasteiger partial charge is 0.338 e. The number of carbonyl (C=O) groups is 5. The molecule has 0 spiro atoms. The molecule has 1 saturated heterocycles. The maximum atomic E-state index is 12.4. The van der Waals surface area contributed by atoms with Crippen LogP contribution in [0.1, 0.15) is 53.8 Å². The van der Waals surface area contributed by atoms with Crippen LogP contribution in [-0.4, -0.2) is 36.1 Å². The number of esters is 1. The minimum atomic E-state index is -0.739. The average Bonchev–Trinajstić information content (AvgIpc) is 3.09. The number of rotatable bonds is 8. The summed E-state index contributed by atoms with van der Waals surface area (Å²) in [5.41, 5.74) is 1.34. The second-order valence-electron chi connectivity index (χ2n) is 7.90. The molecule has 0 saturated carbocycles. The fraction of sp³-hybridized carbons (Fsp3) is 0.292. The molecule has 2 aromatic carbocycles. The number of hydrogen-bond donors (Lipinski definition) is 1. The highest BCUT2D eigenvalue weighted by Crippen LogP contribution is 2.23. The number of anilines is 2. The zero-order valence-corrected chi connectivity index (χ0v) is 17.9. The molecule has 0 aliphatic carbocycles. The Labute approximate surface area is 185 Å². The molecule has 1 heterocycles. The third-order valence-electron chi connectivity index (χ3n) is 4.81. The minimum Gasteiger partial charge on any atom is -0.454 e. The van der Waals surface area contributed by atoms with E-state index >= 15 is 0 Å². The molecule has 8 heteroatoms. The third-order valence-corrected chi connectivity index (χ3v) is 4.81. The van der Waals surface area contributed by atoms with Gasteiger partial charge in [-0.05, 0) is 48.4 Å². The molecule has 32 heavy (non-hydrogen) atoms. The molecule has 0 radical (unpaired) electrons. The van der Waals surface area contributed by atoms with Crippen molar-refractivity contribution in [2.24, 2.45) is 5.92 Å². The van der Waals surface area contributed by atoms with Crippen LogP contribution in [0, 0.1) is 5.92 Å². The Hall–Kier alpha value is -3.81. The molecular weight excluding hydrogens is 412 g/mol. The van der Waals surface area contributed by atoms with Crippen molar-refractivity contribution in [1.29, 1.82) is 0 Å². The van der Waals surface area contributed by atoms with E-state index in [1.54, 1.807) is 36.4 Å².